The number of nitrogens with zero attached hydrogens (tertiary/aromatic N) is 3. The third kappa shape index (κ3) is 3.98. The van der Waals surface area contributed by atoms with E-state index in [0.29, 0.717) is 36.2 Å². The lowest BCUT2D eigenvalue weighted by atomic mass is 10.1. The second kappa shape index (κ2) is 8.36. The predicted octanol–water partition coefficient (Wildman–Crippen LogP) is 3.83. The Balaban J connectivity index is 1.67. The van der Waals surface area contributed by atoms with E-state index in [1.165, 1.54) is 11.3 Å². The summed E-state index contributed by atoms with van der Waals surface area (Å²) >= 11 is 1.44. The lowest BCUT2D eigenvalue weighted by Gasteiger charge is -2.16. The van der Waals surface area contributed by atoms with E-state index in [4.69, 9.17) is 9.84 Å². The summed E-state index contributed by atoms with van der Waals surface area (Å²) in [5.41, 5.74) is 5.29. The van der Waals surface area contributed by atoms with Crippen molar-refractivity contribution in [3.63, 3.8) is 0 Å². The largest absolute Gasteiger partial charge is 0.465 e. The average molecular weight is 469 g/mol. The Hall–Kier alpha value is -3.24. The van der Waals surface area contributed by atoms with Crippen LogP contribution in [-0.4, -0.2) is 41.5 Å². The minimum Gasteiger partial charge on any atom is -0.465 e. The number of aromatic nitrogens is 3. The number of hydrogen-bond acceptors (Lipinski definition) is 7. The van der Waals surface area contributed by atoms with Crippen LogP contribution >= 0.6 is 11.3 Å². The van der Waals surface area contributed by atoms with Crippen molar-refractivity contribution in [1.29, 1.82) is 0 Å². The maximum absolute atomic E-state index is 12.5. The molecule has 1 saturated carbocycles. The summed E-state index contributed by atoms with van der Waals surface area (Å²) in [4.78, 5) is 15.3. The molecule has 2 heterocycles. The molecular formula is C22H20N4O4S2. The van der Waals surface area contributed by atoms with Crippen molar-refractivity contribution >= 4 is 44.4 Å². The highest BCUT2D eigenvalue weighted by molar-refractivity contribution is 7.93. The first-order chi connectivity index (χ1) is 15.6. The summed E-state index contributed by atoms with van der Waals surface area (Å²) in [5.74, 6) is 0. The number of ether oxygens (including phenoxy) is 1. The van der Waals surface area contributed by atoms with E-state index < -0.39 is 16.1 Å². The van der Waals surface area contributed by atoms with E-state index in [1.807, 2.05) is 41.8 Å². The van der Waals surface area contributed by atoms with E-state index in [1.54, 1.807) is 22.3 Å². The maximum atomic E-state index is 12.5. The van der Waals surface area contributed by atoms with Gasteiger partial charge in [0.25, 0.3) is 6.47 Å². The Kier molecular flexibility index (Phi) is 5.40. The van der Waals surface area contributed by atoms with Crippen molar-refractivity contribution in [3.8, 4) is 11.3 Å². The van der Waals surface area contributed by atoms with Crippen molar-refractivity contribution in [1.82, 2.24) is 14.8 Å². The third-order valence-corrected chi connectivity index (χ3v) is 7.86. The standard InChI is InChI=1S/C22H20N4O4S2/c27-14-30-11-21(19-12-31-13-23-19)26-20-10-16(25-32(28,29)17-7-8-17)6-9-18(20)22(24-26)15-4-2-1-3-5-15/h1-6,9-10,12-14,17,21,25H,7-8,11H2. The zero-order valence-electron chi connectivity index (χ0n) is 16.9. The summed E-state index contributed by atoms with van der Waals surface area (Å²) in [6, 6.07) is 14.7. The first-order valence-electron chi connectivity index (χ1n) is 10.1. The van der Waals surface area contributed by atoms with Crippen LogP contribution in [0.2, 0.25) is 0 Å². The van der Waals surface area contributed by atoms with Crippen LogP contribution in [0.3, 0.4) is 0 Å². The molecule has 8 nitrogen and oxygen atoms in total. The highest BCUT2D eigenvalue weighted by Crippen LogP contribution is 2.35. The van der Waals surface area contributed by atoms with Gasteiger partial charge in [-0.15, -0.1) is 11.3 Å². The lowest BCUT2D eigenvalue weighted by molar-refractivity contribution is -0.129. The van der Waals surface area contributed by atoms with Gasteiger partial charge in [0.2, 0.25) is 10.0 Å². The Morgan fingerprint density at radius 2 is 2.03 bits per heavy atom. The molecule has 4 aromatic rings. The summed E-state index contributed by atoms with van der Waals surface area (Å²) < 4.78 is 34.5. The number of anilines is 1. The minimum absolute atomic E-state index is 0.0519. The average Bonchev–Trinajstić information content (AvgIpc) is 3.42. The van der Waals surface area contributed by atoms with E-state index in [0.717, 1.165) is 16.6 Å². The zero-order chi connectivity index (χ0) is 22.1. The van der Waals surface area contributed by atoms with Gasteiger partial charge in [-0.05, 0) is 31.0 Å². The van der Waals surface area contributed by atoms with E-state index in [9.17, 15) is 13.2 Å². The molecule has 2 aromatic carbocycles. The number of hydrogen-bond donors (Lipinski definition) is 1. The van der Waals surface area contributed by atoms with E-state index in [-0.39, 0.29) is 11.9 Å². The van der Waals surface area contributed by atoms with Crippen LogP contribution in [0.15, 0.2) is 59.4 Å². The predicted molar refractivity (Wildman–Crippen MR) is 123 cm³/mol. The molecule has 1 aliphatic rings. The SMILES string of the molecule is O=COCC(c1cscn1)n1nc(-c2ccccc2)c2ccc(NS(=O)(=O)C3CC3)cc21. The number of fused-ring (bicyclic) bond motifs is 1. The van der Waals surface area contributed by atoms with Gasteiger partial charge in [0.15, 0.2) is 0 Å². The van der Waals surface area contributed by atoms with Gasteiger partial charge < -0.3 is 4.74 Å². The lowest BCUT2D eigenvalue weighted by Crippen LogP contribution is -2.19. The number of carbonyl (C=O) groups is 1. The van der Waals surface area contributed by atoms with Crippen LogP contribution in [0.4, 0.5) is 5.69 Å². The van der Waals surface area contributed by atoms with Gasteiger partial charge in [-0.2, -0.15) is 5.10 Å². The summed E-state index contributed by atoms with van der Waals surface area (Å²) in [5, 5.41) is 7.28. The number of sulfonamides is 1. The van der Waals surface area contributed by atoms with Crippen LogP contribution in [0.25, 0.3) is 22.2 Å². The molecule has 5 rings (SSSR count). The fraction of sp³-hybridized carbons (Fsp3) is 0.227. The molecule has 0 bridgehead atoms. The normalized spacial score (nSPS) is 14.9. The zero-order valence-corrected chi connectivity index (χ0v) is 18.6. The summed E-state index contributed by atoms with van der Waals surface area (Å²) in [6.45, 7) is 0.453. The molecule has 1 atom stereocenters. The molecule has 0 aliphatic heterocycles. The molecule has 1 aliphatic carbocycles. The van der Waals surface area contributed by atoms with Crippen LogP contribution in [0.1, 0.15) is 24.6 Å². The van der Waals surface area contributed by atoms with E-state index >= 15 is 0 Å². The molecule has 164 valence electrons. The van der Waals surface area contributed by atoms with Gasteiger partial charge in [0, 0.05) is 16.3 Å². The van der Waals surface area contributed by atoms with Gasteiger partial charge in [-0.25, -0.2) is 13.4 Å². The highest BCUT2D eigenvalue weighted by Gasteiger charge is 2.36. The van der Waals surface area contributed by atoms with Gasteiger partial charge >= 0.3 is 0 Å². The molecule has 0 radical (unpaired) electrons. The Morgan fingerprint density at radius 1 is 1.22 bits per heavy atom. The van der Waals surface area contributed by atoms with Gasteiger partial charge in [0.05, 0.1) is 27.7 Å². The smallest absolute Gasteiger partial charge is 0.293 e. The Labute approximate surface area is 188 Å². The fourth-order valence-electron chi connectivity index (χ4n) is 3.67. The van der Waals surface area contributed by atoms with Crippen molar-refractivity contribution in [2.75, 3.05) is 11.3 Å². The van der Waals surface area contributed by atoms with Crippen molar-refractivity contribution in [2.45, 2.75) is 24.1 Å². The molecular weight excluding hydrogens is 448 g/mol. The van der Waals surface area contributed by atoms with Crippen molar-refractivity contribution in [2.24, 2.45) is 0 Å². The molecule has 0 amide bonds. The van der Waals surface area contributed by atoms with Gasteiger partial charge in [-0.1, -0.05) is 30.3 Å². The first-order valence-corrected chi connectivity index (χ1v) is 12.6. The molecule has 32 heavy (non-hydrogen) atoms. The van der Waals surface area contributed by atoms with Crippen LogP contribution in [0, 0.1) is 0 Å². The maximum Gasteiger partial charge on any atom is 0.293 e. The quantitative estimate of drug-likeness (QED) is 0.375. The van der Waals surface area contributed by atoms with E-state index in [2.05, 4.69) is 9.71 Å². The van der Waals surface area contributed by atoms with Crippen molar-refractivity contribution < 1.29 is 17.9 Å². The molecule has 0 saturated heterocycles. The van der Waals surface area contributed by atoms with Crippen molar-refractivity contribution in [3.05, 3.63) is 65.1 Å². The number of nitrogens with one attached hydrogen (secondary N) is 1. The van der Waals surface area contributed by atoms with Crippen LogP contribution in [0.5, 0.6) is 0 Å². The molecule has 0 spiro atoms. The van der Waals surface area contributed by atoms with Crippen LogP contribution in [-0.2, 0) is 19.6 Å². The Bertz CT molecular complexity index is 1350. The first kappa shape index (κ1) is 20.7. The van der Waals surface area contributed by atoms with Gasteiger partial charge in [0.1, 0.15) is 18.3 Å². The third-order valence-electron chi connectivity index (χ3n) is 5.39. The molecule has 10 heteroatoms. The fourth-order valence-corrected chi connectivity index (χ4v) is 5.65. The highest BCUT2D eigenvalue weighted by atomic mass is 32.2. The number of thiazole rings is 1. The molecule has 1 unspecified atom stereocenters. The monoisotopic (exact) mass is 468 g/mol. The second-order valence-corrected chi connectivity index (χ2v) is 10.3. The molecule has 1 fully saturated rings. The molecule has 2 aromatic heterocycles. The Morgan fingerprint density at radius 3 is 2.72 bits per heavy atom. The van der Waals surface area contributed by atoms with Crippen LogP contribution < -0.4 is 4.72 Å². The second-order valence-electron chi connectivity index (χ2n) is 7.60. The van der Waals surface area contributed by atoms with Gasteiger partial charge in [-0.3, -0.25) is 14.2 Å². The number of benzene rings is 2. The number of carbonyl (C=O) groups excluding carboxylic acids is 1. The molecule has 1 N–H and O–H groups in total. The minimum atomic E-state index is -3.41. The summed E-state index contributed by atoms with van der Waals surface area (Å²) in [6.07, 6.45) is 1.37. The summed E-state index contributed by atoms with van der Waals surface area (Å²) in [7, 11) is -3.41. The topological polar surface area (TPSA) is 103 Å². The number of rotatable bonds is 9.